The molecule has 0 radical (unpaired) electrons. The lowest BCUT2D eigenvalue weighted by atomic mass is 10.1. The highest BCUT2D eigenvalue weighted by atomic mass is 16.2. The topological polar surface area (TPSA) is 89.5 Å². The summed E-state index contributed by atoms with van der Waals surface area (Å²) in [5.74, 6) is -0.267. The molecule has 0 aliphatic carbocycles. The van der Waals surface area contributed by atoms with E-state index in [0.29, 0.717) is 22.7 Å². The van der Waals surface area contributed by atoms with E-state index in [2.05, 4.69) is 10.3 Å². The Hall–Kier alpha value is -3.15. The molecule has 0 atom stereocenters. The van der Waals surface area contributed by atoms with Crippen LogP contribution in [0, 0.1) is 6.92 Å². The number of nitrogens with one attached hydrogen (secondary N) is 1. The number of carbonyl (C=O) groups excluding carboxylic acids is 2. The van der Waals surface area contributed by atoms with Crippen molar-refractivity contribution in [3.8, 4) is 0 Å². The molecule has 2 heterocycles. The van der Waals surface area contributed by atoms with Gasteiger partial charge < -0.3 is 15.5 Å². The van der Waals surface area contributed by atoms with Crippen LogP contribution in [-0.2, 0) is 0 Å². The maximum Gasteiger partial charge on any atom is 0.276 e. The smallest absolute Gasteiger partial charge is 0.276 e. The van der Waals surface area contributed by atoms with E-state index in [1.165, 1.54) is 0 Å². The van der Waals surface area contributed by atoms with Gasteiger partial charge in [0.05, 0.1) is 16.8 Å². The van der Waals surface area contributed by atoms with E-state index in [4.69, 9.17) is 5.73 Å². The van der Waals surface area contributed by atoms with Gasteiger partial charge in [0.15, 0.2) is 5.69 Å². The number of hydrogen-bond acceptors (Lipinski definition) is 3. The van der Waals surface area contributed by atoms with Gasteiger partial charge in [0.2, 0.25) is 0 Å². The highest BCUT2D eigenvalue weighted by molar-refractivity contribution is 6.10. The number of nitrogens with two attached hydrogens (primary N) is 1. The summed E-state index contributed by atoms with van der Waals surface area (Å²) in [5, 5.41) is 2.70. The molecule has 110 valence electrons. The van der Waals surface area contributed by atoms with Gasteiger partial charge in [0, 0.05) is 6.20 Å². The minimum Gasteiger partial charge on any atom is -0.366 e. The lowest BCUT2D eigenvalue weighted by Gasteiger charge is -2.07. The number of hydrogen-bond donors (Lipinski definition) is 2. The van der Waals surface area contributed by atoms with Crippen molar-refractivity contribution in [2.24, 2.45) is 5.73 Å². The highest BCUT2D eigenvalue weighted by Gasteiger charge is 2.17. The number of para-hydroxylation sites is 1. The van der Waals surface area contributed by atoms with Crippen LogP contribution in [0.25, 0.3) is 5.52 Å². The minimum absolute atomic E-state index is 0.260. The molecule has 0 saturated heterocycles. The lowest BCUT2D eigenvalue weighted by molar-refractivity contribution is 0.100. The van der Waals surface area contributed by atoms with Gasteiger partial charge in [0.1, 0.15) is 5.82 Å². The number of nitrogens with zero attached hydrogens (tertiary/aromatic N) is 2. The second kappa shape index (κ2) is 5.33. The number of imidazole rings is 1. The number of pyridine rings is 1. The van der Waals surface area contributed by atoms with E-state index in [1.807, 2.05) is 35.7 Å². The first-order valence-electron chi connectivity index (χ1n) is 6.72. The second-order valence-electron chi connectivity index (χ2n) is 4.83. The minimum atomic E-state index is -0.596. The van der Waals surface area contributed by atoms with Crippen LogP contribution in [0.1, 0.15) is 26.7 Å². The number of primary amides is 1. The number of rotatable bonds is 3. The fourth-order valence-electron chi connectivity index (χ4n) is 2.35. The summed E-state index contributed by atoms with van der Waals surface area (Å²) in [6.07, 6.45) is 1.84. The van der Waals surface area contributed by atoms with E-state index < -0.39 is 5.91 Å². The molecular weight excluding hydrogens is 280 g/mol. The van der Waals surface area contributed by atoms with Crippen LogP contribution < -0.4 is 11.1 Å². The van der Waals surface area contributed by atoms with E-state index in [1.54, 1.807) is 24.3 Å². The standard InChI is InChI=1S/C16H14N4O2/c1-10-18-14(13-8-4-5-9-20(10)13)16(22)19-12-7-3-2-6-11(12)15(17)21/h2-9H,1H3,(H2,17,21)(H,19,22). The van der Waals surface area contributed by atoms with Crippen molar-refractivity contribution in [2.45, 2.75) is 6.92 Å². The SMILES string of the molecule is Cc1nc(C(=O)Nc2ccccc2C(N)=O)c2ccccn12. The average molecular weight is 294 g/mol. The van der Waals surface area contributed by atoms with Gasteiger partial charge in [0.25, 0.3) is 11.8 Å². The van der Waals surface area contributed by atoms with Crippen molar-refractivity contribution < 1.29 is 9.59 Å². The molecule has 1 aromatic carbocycles. The summed E-state index contributed by atoms with van der Waals surface area (Å²) < 4.78 is 1.83. The van der Waals surface area contributed by atoms with Crippen LogP contribution >= 0.6 is 0 Å². The number of amides is 2. The van der Waals surface area contributed by atoms with Crippen LogP contribution in [0.2, 0.25) is 0 Å². The van der Waals surface area contributed by atoms with E-state index >= 15 is 0 Å². The molecule has 0 fully saturated rings. The Morgan fingerprint density at radius 3 is 2.64 bits per heavy atom. The van der Waals surface area contributed by atoms with Gasteiger partial charge >= 0.3 is 0 Å². The van der Waals surface area contributed by atoms with E-state index in [9.17, 15) is 9.59 Å². The Labute approximate surface area is 126 Å². The first-order chi connectivity index (χ1) is 10.6. The third-order valence-electron chi connectivity index (χ3n) is 3.38. The maximum atomic E-state index is 12.5. The summed E-state index contributed by atoms with van der Waals surface area (Å²) in [7, 11) is 0. The third kappa shape index (κ3) is 2.31. The Balaban J connectivity index is 2.00. The second-order valence-corrected chi connectivity index (χ2v) is 4.83. The van der Waals surface area contributed by atoms with Gasteiger partial charge in [-0.25, -0.2) is 4.98 Å². The fraction of sp³-hybridized carbons (Fsp3) is 0.0625. The van der Waals surface area contributed by atoms with Gasteiger partial charge in [-0.3, -0.25) is 9.59 Å². The van der Waals surface area contributed by atoms with Crippen molar-refractivity contribution in [2.75, 3.05) is 5.32 Å². The van der Waals surface area contributed by atoms with Gasteiger partial charge in [-0.2, -0.15) is 0 Å². The van der Waals surface area contributed by atoms with Crippen LogP contribution in [-0.4, -0.2) is 21.2 Å². The predicted octanol–water partition coefficient (Wildman–Crippen LogP) is 1.99. The Bertz CT molecular complexity index is 883. The quantitative estimate of drug-likeness (QED) is 0.774. The average Bonchev–Trinajstić information content (AvgIpc) is 2.85. The molecule has 0 aliphatic rings. The first-order valence-corrected chi connectivity index (χ1v) is 6.72. The van der Waals surface area contributed by atoms with Gasteiger partial charge in [-0.05, 0) is 31.2 Å². The molecule has 2 amide bonds. The van der Waals surface area contributed by atoms with Crippen LogP contribution in [0.4, 0.5) is 5.69 Å². The summed E-state index contributed by atoms with van der Waals surface area (Å²) in [4.78, 5) is 28.2. The summed E-state index contributed by atoms with van der Waals surface area (Å²) >= 11 is 0. The maximum absolute atomic E-state index is 12.5. The molecule has 6 nitrogen and oxygen atoms in total. The van der Waals surface area contributed by atoms with Gasteiger partial charge in [-0.1, -0.05) is 18.2 Å². The largest absolute Gasteiger partial charge is 0.366 e. The molecule has 0 aliphatic heterocycles. The van der Waals surface area contributed by atoms with Crippen LogP contribution in [0.15, 0.2) is 48.7 Å². The molecule has 0 bridgehead atoms. The number of fused-ring (bicyclic) bond motifs is 1. The normalized spacial score (nSPS) is 10.6. The van der Waals surface area contributed by atoms with E-state index in [0.717, 1.165) is 0 Å². The number of aromatic nitrogens is 2. The monoisotopic (exact) mass is 294 g/mol. The Morgan fingerprint density at radius 2 is 1.86 bits per heavy atom. The third-order valence-corrected chi connectivity index (χ3v) is 3.38. The molecular formula is C16H14N4O2. The molecule has 0 saturated carbocycles. The molecule has 0 spiro atoms. The zero-order chi connectivity index (χ0) is 15.7. The fourth-order valence-corrected chi connectivity index (χ4v) is 2.35. The highest BCUT2D eigenvalue weighted by Crippen LogP contribution is 2.18. The zero-order valence-electron chi connectivity index (χ0n) is 11.9. The molecule has 22 heavy (non-hydrogen) atoms. The molecule has 2 aromatic heterocycles. The van der Waals surface area contributed by atoms with Crippen LogP contribution in [0.3, 0.4) is 0 Å². The zero-order valence-corrected chi connectivity index (χ0v) is 11.9. The summed E-state index contributed by atoms with van der Waals surface area (Å²) in [5.41, 5.74) is 6.95. The number of aryl methyl sites for hydroxylation is 1. The summed E-state index contributed by atoms with van der Waals surface area (Å²) in [6, 6.07) is 12.1. The van der Waals surface area contributed by atoms with Crippen molar-refractivity contribution in [1.29, 1.82) is 0 Å². The van der Waals surface area contributed by atoms with Crippen molar-refractivity contribution >= 4 is 23.0 Å². The molecule has 3 aromatic rings. The van der Waals surface area contributed by atoms with Crippen LogP contribution in [0.5, 0.6) is 0 Å². The molecule has 6 heteroatoms. The number of anilines is 1. The lowest BCUT2D eigenvalue weighted by Crippen LogP contribution is -2.18. The molecule has 0 unspecified atom stereocenters. The van der Waals surface area contributed by atoms with E-state index in [-0.39, 0.29) is 11.5 Å². The van der Waals surface area contributed by atoms with Crippen molar-refractivity contribution in [1.82, 2.24) is 9.38 Å². The first kappa shape index (κ1) is 13.8. The summed E-state index contributed by atoms with van der Waals surface area (Å²) in [6.45, 7) is 1.82. The number of benzene rings is 1. The van der Waals surface area contributed by atoms with Crippen molar-refractivity contribution in [3.05, 3.63) is 65.7 Å². The molecule has 3 N–H and O–H groups in total. The molecule has 3 rings (SSSR count). The number of carbonyl (C=O) groups is 2. The Kier molecular flexibility index (Phi) is 3.34. The van der Waals surface area contributed by atoms with Gasteiger partial charge in [-0.15, -0.1) is 0 Å². The Morgan fingerprint density at radius 1 is 1.14 bits per heavy atom. The predicted molar refractivity (Wildman–Crippen MR) is 82.8 cm³/mol. The van der Waals surface area contributed by atoms with Crippen molar-refractivity contribution in [3.63, 3.8) is 0 Å².